The maximum absolute atomic E-state index is 13.3. The van der Waals surface area contributed by atoms with Gasteiger partial charge >= 0.3 is 0 Å². The van der Waals surface area contributed by atoms with Gasteiger partial charge in [0.15, 0.2) is 5.17 Å². The summed E-state index contributed by atoms with van der Waals surface area (Å²) < 4.78 is 5.43. The molecule has 0 aromatic carbocycles. The minimum Gasteiger partial charge on any atom is -0.467 e. The topological polar surface area (TPSA) is 118 Å². The lowest BCUT2D eigenvalue weighted by Crippen LogP contribution is -2.49. The highest BCUT2D eigenvalue weighted by molar-refractivity contribution is 8.15. The average Bonchev–Trinajstić information content (AvgIpc) is 3.37. The van der Waals surface area contributed by atoms with E-state index in [2.05, 4.69) is 10.3 Å². The van der Waals surface area contributed by atoms with Crippen LogP contribution >= 0.6 is 23.1 Å². The van der Waals surface area contributed by atoms with Gasteiger partial charge in [-0.05, 0) is 44.4 Å². The molecular formula is C20H24N4O4S2. The lowest BCUT2D eigenvalue weighted by Gasteiger charge is -2.33. The number of thioether (sulfide) groups is 1. The highest BCUT2D eigenvalue weighted by Gasteiger charge is 2.37. The maximum Gasteiger partial charge on any atom is 0.262 e. The van der Waals surface area contributed by atoms with Crippen molar-refractivity contribution in [1.29, 1.82) is 0 Å². The number of nitrogens with two attached hydrogens (primary N) is 1. The van der Waals surface area contributed by atoms with Gasteiger partial charge in [0.2, 0.25) is 11.8 Å². The third kappa shape index (κ3) is 5.51. The van der Waals surface area contributed by atoms with Gasteiger partial charge in [-0.2, -0.15) is 4.99 Å². The van der Waals surface area contributed by atoms with Gasteiger partial charge in [0.1, 0.15) is 17.1 Å². The summed E-state index contributed by atoms with van der Waals surface area (Å²) in [4.78, 5) is 44.5. The molecule has 0 saturated heterocycles. The Kier molecular flexibility index (Phi) is 6.67. The molecule has 3 N–H and O–H groups in total. The van der Waals surface area contributed by atoms with E-state index in [4.69, 9.17) is 10.2 Å². The number of amides is 3. The molecule has 0 saturated carbocycles. The van der Waals surface area contributed by atoms with Crippen LogP contribution in [0, 0.1) is 0 Å². The van der Waals surface area contributed by atoms with Crippen molar-refractivity contribution in [2.45, 2.75) is 50.6 Å². The number of thiophene rings is 1. The molecule has 2 aromatic heterocycles. The van der Waals surface area contributed by atoms with E-state index >= 15 is 0 Å². The molecule has 2 unspecified atom stereocenters. The molecule has 0 bridgehead atoms. The number of hydrogen-bond acceptors (Lipinski definition) is 7. The Morgan fingerprint density at radius 2 is 2.10 bits per heavy atom. The van der Waals surface area contributed by atoms with E-state index in [1.54, 1.807) is 12.1 Å². The molecule has 3 amide bonds. The molecule has 0 aliphatic carbocycles. The van der Waals surface area contributed by atoms with E-state index in [9.17, 15) is 14.4 Å². The smallest absolute Gasteiger partial charge is 0.262 e. The Labute approximate surface area is 182 Å². The Hall–Kier alpha value is -2.59. The molecule has 3 rings (SSSR count). The first kappa shape index (κ1) is 22.1. The molecule has 160 valence electrons. The Balaban J connectivity index is 1.92. The summed E-state index contributed by atoms with van der Waals surface area (Å²) in [5, 5.41) is 4.27. The van der Waals surface area contributed by atoms with Crippen LogP contribution in [0.4, 0.5) is 0 Å². The summed E-state index contributed by atoms with van der Waals surface area (Å²) in [6.07, 6.45) is 1.40. The largest absolute Gasteiger partial charge is 0.467 e. The van der Waals surface area contributed by atoms with E-state index in [1.807, 2.05) is 38.3 Å². The zero-order chi connectivity index (χ0) is 21.9. The van der Waals surface area contributed by atoms with Gasteiger partial charge in [0, 0.05) is 16.8 Å². The molecule has 2 atom stereocenters. The van der Waals surface area contributed by atoms with Crippen molar-refractivity contribution >= 4 is 46.0 Å². The highest BCUT2D eigenvalue weighted by atomic mass is 32.2. The van der Waals surface area contributed by atoms with Crippen molar-refractivity contribution in [3.05, 3.63) is 46.5 Å². The number of amidine groups is 1. The van der Waals surface area contributed by atoms with Gasteiger partial charge in [-0.3, -0.25) is 14.4 Å². The number of carbonyl (C=O) groups excluding carboxylic acids is 3. The molecule has 1 aliphatic rings. The molecule has 1 aliphatic heterocycles. The molecular weight excluding hydrogens is 424 g/mol. The van der Waals surface area contributed by atoms with Gasteiger partial charge in [0.05, 0.1) is 12.8 Å². The zero-order valence-electron chi connectivity index (χ0n) is 17.0. The molecule has 0 spiro atoms. The second kappa shape index (κ2) is 9.05. The maximum atomic E-state index is 13.3. The van der Waals surface area contributed by atoms with Crippen LogP contribution in [0.15, 0.2) is 45.3 Å². The summed E-state index contributed by atoms with van der Waals surface area (Å²) in [5.41, 5.74) is 5.14. The number of nitrogens with zero attached hydrogens (tertiary/aromatic N) is 2. The third-order valence-electron chi connectivity index (χ3n) is 4.22. The molecule has 30 heavy (non-hydrogen) atoms. The van der Waals surface area contributed by atoms with Crippen LogP contribution in [0.1, 0.15) is 43.9 Å². The van der Waals surface area contributed by atoms with Gasteiger partial charge in [-0.15, -0.1) is 11.3 Å². The first-order chi connectivity index (χ1) is 14.1. The minimum absolute atomic E-state index is 0.0912. The summed E-state index contributed by atoms with van der Waals surface area (Å²) in [7, 11) is 0. The van der Waals surface area contributed by atoms with Crippen LogP contribution in [-0.2, 0) is 20.9 Å². The second-order valence-electron chi connectivity index (χ2n) is 7.86. The van der Waals surface area contributed by atoms with Crippen LogP contribution in [0.3, 0.4) is 0 Å². The quantitative estimate of drug-likeness (QED) is 0.672. The Morgan fingerprint density at radius 1 is 1.33 bits per heavy atom. The van der Waals surface area contributed by atoms with E-state index in [-0.39, 0.29) is 29.9 Å². The first-order valence-electron chi connectivity index (χ1n) is 9.36. The van der Waals surface area contributed by atoms with Crippen molar-refractivity contribution in [1.82, 2.24) is 10.2 Å². The van der Waals surface area contributed by atoms with Gasteiger partial charge < -0.3 is 20.4 Å². The number of aliphatic imine (C=N–C) groups is 1. The Morgan fingerprint density at radius 3 is 2.63 bits per heavy atom. The van der Waals surface area contributed by atoms with Crippen LogP contribution in [0.2, 0.25) is 0 Å². The van der Waals surface area contributed by atoms with Crippen molar-refractivity contribution in [2.75, 3.05) is 0 Å². The molecule has 10 heteroatoms. The summed E-state index contributed by atoms with van der Waals surface area (Å²) in [5.74, 6) is -0.555. The lowest BCUT2D eigenvalue weighted by molar-refractivity contribution is -0.142. The summed E-state index contributed by atoms with van der Waals surface area (Å²) in [6.45, 7) is 5.73. The molecule has 3 heterocycles. The van der Waals surface area contributed by atoms with Gasteiger partial charge in [-0.1, -0.05) is 17.8 Å². The molecule has 0 fully saturated rings. The van der Waals surface area contributed by atoms with Crippen molar-refractivity contribution in [3.8, 4) is 0 Å². The number of hydrogen-bond donors (Lipinski definition) is 2. The highest BCUT2D eigenvalue weighted by Crippen LogP contribution is 2.31. The summed E-state index contributed by atoms with van der Waals surface area (Å²) >= 11 is 2.45. The van der Waals surface area contributed by atoms with Crippen LogP contribution in [0.25, 0.3) is 0 Å². The predicted molar refractivity (Wildman–Crippen MR) is 117 cm³/mol. The number of furan rings is 1. The average molecular weight is 449 g/mol. The van der Waals surface area contributed by atoms with Gasteiger partial charge in [0.25, 0.3) is 5.91 Å². The van der Waals surface area contributed by atoms with E-state index in [1.165, 1.54) is 22.5 Å². The van der Waals surface area contributed by atoms with Crippen LogP contribution in [-0.4, -0.2) is 38.6 Å². The predicted octanol–water partition coefficient (Wildman–Crippen LogP) is 2.67. The fourth-order valence-corrected chi connectivity index (χ4v) is 4.66. The normalized spacial score (nSPS) is 17.5. The summed E-state index contributed by atoms with van der Waals surface area (Å²) in [6, 6.07) is 6.25. The lowest BCUT2D eigenvalue weighted by atomic mass is 10.1. The standard InChI is InChI=1S/C20H24N4O4S2/c1-20(2,3)23-18(27)16(13-7-5-9-29-13)24(11-12-6-4-8-28-12)15(25)10-14-17(26)22-19(21)30-14/h4-9,14,16H,10-11H2,1-3H3,(H,23,27)(H2,21,22,26). The van der Waals surface area contributed by atoms with Crippen molar-refractivity contribution in [2.24, 2.45) is 10.7 Å². The van der Waals surface area contributed by atoms with Crippen LogP contribution < -0.4 is 11.1 Å². The van der Waals surface area contributed by atoms with Gasteiger partial charge in [-0.25, -0.2) is 0 Å². The number of carbonyl (C=O) groups is 3. The Bertz CT molecular complexity index is 933. The number of nitrogens with one attached hydrogen (secondary N) is 1. The zero-order valence-corrected chi connectivity index (χ0v) is 18.6. The first-order valence-corrected chi connectivity index (χ1v) is 11.1. The van der Waals surface area contributed by atoms with E-state index in [0.717, 1.165) is 16.6 Å². The monoisotopic (exact) mass is 448 g/mol. The molecule has 8 nitrogen and oxygen atoms in total. The second-order valence-corrected chi connectivity index (χ2v) is 10.1. The molecule has 2 aromatic rings. The fraction of sp³-hybridized carbons (Fsp3) is 0.400. The van der Waals surface area contributed by atoms with E-state index < -0.39 is 22.7 Å². The fourth-order valence-electron chi connectivity index (χ4n) is 3.01. The van der Waals surface area contributed by atoms with Crippen molar-refractivity contribution in [3.63, 3.8) is 0 Å². The van der Waals surface area contributed by atoms with E-state index in [0.29, 0.717) is 5.76 Å². The molecule has 0 radical (unpaired) electrons. The minimum atomic E-state index is -0.860. The third-order valence-corrected chi connectivity index (χ3v) is 6.13. The van der Waals surface area contributed by atoms with Crippen molar-refractivity contribution < 1.29 is 18.8 Å². The SMILES string of the molecule is CC(C)(C)NC(=O)C(c1cccs1)N(Cc1ccco1)C(=O)CC1SC(N)=NC1=O. The van der Waals surface area contributed by atoms with Crippen LogP contribution in [0.5, 0.6) is 0 Å². The number of rotatable bonds is 7.